The molecular weight excluding hydrogens is 388 g/mol. The van der Waals surface area contributed by atoms with Gasteiger partial charge >= 0.3 is 0 Å². The summed E-state index contributed by atoms with van der Waals surface area (Å²) < 4.78 is 11.6. The van der Waals surface area contributed by atoms with Gasteiger partial charge < -0.3 is 14.5 Å². The molecule has 1 saturated heterocycles. The van der Waals surface area contributed by atoms with Gasteiger partial charge in [0, 0.05) is 23.6 Å². The number of fused-ring (bicyclic) bond motifs is 1. The maximum atomic E-state index is 12.9. The lowest BCUT2D eigenvalue weighted by Crippen LogP contribution is -2.34. The van der Waals surface area contributed by atoms with E-state index >= 15 is 0 Å². The molecule has 1 atom stereocenters. The molecule has 1 fully saturated rings. The van der Waals surface area contributed by atoms with Crippen LogP contribution in [0.2, 0.25) is 5.02 Å². The van der Waals surface area contributed by atoms with Crippen LogP contribution in [-0.4, -0.2) is 25.2 Å². The normalized spacial score (nSPS) is 17.0. The zero-order valence-electron chi connectivity index (χ0n) is 16.3. The Morgan fingerprint density at radius 3 is 2.76 bits per heavy atom. The SMILES string of the molecule is CCc1ccc(N=c2oc3ccc(Cl)cc3cc2C(=O)NC[C@H]2CCCO2)cc1. The van der Waals surface area contributed by atoms with Gasteiger partial charge in [-0.2, -0.15) is 0 Å². The van der Waals surface area contributed by atoms with Gasteiger partial charge in [-0.15, -0.1) is 0 Å². The number of rotatable bonds is 5. The Balaban J connectivity index is 1.73. The van der Waals surface area contributed by atoms with Crippen molar-refractivity contribution in [2.24, 2.45) is 4.99 Å². The van der Waals surface area contributed by atoms with Crippen molar-refractivity contribution in [2.45, 2.75) is 32.3 Å². The van der Waals surface area contributed by atoms with Crippen LogP contribution >= 0.6 is 11.6 Å². The third-order valence-electron chi connectivity index (χ3n) is 5.04. The van der Waals surface area contributed by atoms with Crippen molar-refractivity contribution in [3.05, 3.63) is 70.2 Å². The third-order valence-corrected chi connectivity index (χ3v) is 5.28. The van der Waals surface area contributed by atoms with E-state index in [1.165, 1.54) is 5.56 Å². The molecule has 2 heterocycles. The van der Waals surface area contributed by atoms with Crippen LogP contribution in [0.3, 0.4) is 0 Å². The number of ether oxygens (including phenoxy) is 1. The number of amides is 1. The Morgan fingerprint density at radius 2 is 2.03 bits per heavy atom. The van der Waals surface area contributed by atoms with Crippen LogP contribution in [0, 0.1) is 0 Å². The molecule has 0 bridgehead atoms. The molecule has 0 spiro atoms. The topological polar surface area (TPSA) is 63.8 Å². The molecule has 150 valence electrons. The van der Waals surface area contributed by atoms with Crippen molar-refractivity contribution >= 4 is 34.2 Å². The molecule has 4 rings (SSSR count). The number of carbonyl (C=O) groups is 1. The molecule has 1 aliphatic heterocycles. The van der Waals surface area contributed by atoms with Gasteiger partial charge in [0.05, 0.1) is 11.8 Å². The third kappa shape index (κ3) is 4.69. The number of nitrogens with zero attached hydrogens (tertiary/aromatic N) is 1. The number of hydrogen-bond donors (Lipinski definition) is 1. The van der Waals surface area contributed by atoms with Crippen LogP contribution in [0.1, 0.15) is 35.7 Å². The van der Waals surface area contributed by atoms with E-state index in [-0.39, 0.29) is 17.6 Å². The van der Waals surface area contributed by atoms with E-state index in [2.05, 4.69) is 17.2 Å². The highest BCUT2D eigenvalue weighted by Gasteiger charge is 2.18. The lowest BCUT2D eigenvalue weighted by molar-refractivity contribution is 0.0854. The summed E-state index contributed by atoms with van der Waals surface area (Å²) in [6.45, 7) is 3.32. The Morgan fingerprint density at radius 1 is 1.21 bits per heavy atom. The molecular formula is C23H23ClN2O3. The van der Waals surface area contributed by atoms with E-state index in [0.29, 0.717) is 22.7 Å². The maximum absolute atomic E-state index is 12.9. The van der Waals surface area contributed by atoms with Gasteiger partial charge in [-0.1, -0.05) is 30.7 Å². The summed E-state index contributed by atoms with van der Waals surface area (Å²) in [6.07, 6.45) is 3.00. The van der Waals surface area contributed by atoms with Crippen molar-refractivity contribution in [2.75, 3.05) is 13.2 Å². The predicted octanol–water partition coefficient (Wildman–Crippen LogP) is 4.79. The molecule has 3 aromatic rings. The number of hydrogen-bond acceptors (Lipinski definition) is 4. The summed E-state index contributed by atoms with van der Waals surface area (Å²) in [6, 6.07) is 15.0. The summed E-state index contributed by atoms with van der Waals surface area (Å²) in [5, 5.41) is 4.28. The van der Waals surface area contributed by atoms with E-state index < -0.39 is 0 Å². The number of benzene rings is 2. The second kappa shape index (κ2) is 8.80. The van der Waals surface area contributed by atoms with E-state index in [1.54, 1.807) is 24.3 Å². The summed E-state index contributed by atoms with van der Waals surface area (Å²) in [5.41, 5.74) is 3.22. The predicted molar refractivity (Wildman–Crippen MR) is 114 cm³/mol. The number of carbonyl (C=O) groups excluding carboxylic acids is 1. The second-order valence-corrected chi connectivity index (χ2v) is 7.56. The molecule has 0 saturated carbocycles. The fourth-order valence-corrected chi connectivity index (χ4v) is 3.56. The Hall–Kier alpha value is -2.63. The van der Waals surface area contributed by atoms with Crippen LogP contribution in [-0.2, 0) is 11.2 Å². The summed E-state index contributed by atoms with van der Waals surface area (Å²) >= 11 is 6.11. The maximum Gasteiger partial charge on any atom is 0.256 e. The molecule has 1 aromatic heterocycles. The first-order valence-electron chi connectivity index (χ1n) is 9.89. The monoisotopic (exact) mass is 410 g/mol. The lowest BCUT2D eigenvalue weighted by Gasteiger charge is -2.11. The van der Waals surface area contributed by atoms with Gasteiger partial charge in [-0.3, -0.25) is 4.79 Å². The van der Waals surface area contributed by atoms with Gasteiger partial charge in [0.1, 0.15) is 11.1 Å². The van der Waals surface area contributed by atoms with Gasteiger partial charge in [-0.05, 0) is 61.2 Å². The number of aryl methyl sites for hydroxylation is 1. The van der Waals surface area contributed by atoms with Crippen molar-refractivity contribution in [3.63, 3.8) is 0 Å². The Labute approximate surface area is 174 Å². The minimum Gasteiger partial charge on any atom is -0.438 e. The molecule has 5 nitrogen and oxygen atoms in total. The van der Waals surface area contributed by atoms with Crippen molar-refractivity contribution in [1.29, 1.82) is 0 Å². The lowest BCUT2D eigenvalue weighted by atomic mass is 10.1. The fraction of sp³-hybridized carbons (Fsp3) is 0.304. The highest BCUT2D eigenvalue weighted by atomic mass is 35.5. The minimum absolute atomic E-state index is 0.0627. The minimum atomic E-state index is -0.241. The van der Waals surface area contributed by atoms with Gasteiger partial charge in [0.2, 0.25) is 5.55 Å². The van der Waals surface area contributed by atoms with E-state index in [9.17, 15) is 4.79 Å². The molecule has 6 heteroatoms. The number of halogens is 1. The van der Waals surface area contributed by atoms with Crippen molar-refractivity contribution < 1.29 is 13.9 Å². The fourth-order valence-electron chi connectivity index (χ4n) is 3.38. The van der Waals surface area contributed by atoms with Crippen LogP contribution in [0.4, 0.5) is 5.69 Å². The molecule has 29 heavy (non-hydrogen) atoms. The first kappa shape index (κ1) is 19.7. The van der Waals surface area contributed by atoms with Crippen LogP contribution in [0.25, 0.3) is 11.0 Å². The smallest absolute Gasteiger partial charge is 0.256 e. The summed E-state index contributed by atoms with van der Waals surface area (Å²) in [4.78, 5) is 17.5. The van der Waals surface area contributed by atoms with Crippen LogP contribution < -0.4 is 10.9 Å². The molecule has 2 aromatic carbocycles. The molecule has 1 N–H and O–H groups in total. The van der Waals surface area contributed by atoms with Gasteiger partial charge in [-0.25, -0.2) is 4.99 Å². The first-order chi connectivity index (χ1) is 14.1. The second-order valence-electron chi connectivity index (χ2n) is 7.12. The standard InChI is InChI=1S/C23H23ClN2O3/c1-2-15-5-8-18(9-6-15)26-23-20(22(27)25-14-19-4-3-11-28-19)13-16-12-17(24)7-10-21(16)29-23/h5-10,12-13,19H,2-4,11,14H2,1H3,(H,25,27)/t19-/m1/s1. The molecule has 0 aliphatic carbocycles. The largest absolute Gasteiger partial charge is 0.438 e. The summed E-state index contributed by atoms with van der Waals surface area (Å²) in [7, 11) is 0. The van der Waals surface area contributed by atoms with E-state index in [4.69, 9.17) is 20.8 Å². The Bertz CT molecular complexity index is 1080. The first-order valence-corrected chi connectivity index (χ1v) is 10.3. The summed E-state index contributed by atoms with van der Waals surface area (Å²) in [5.74, 6) is -0.241. The molecule has 0 unspecified atom stereocenters. The van der Waals surface area contributed by atoms with Crippen LogP contribution in [0.15, 0.2) is 57.9 Å². The highest BCUT2D eigenvalue weighted by molar-refractivity contribution is 6.31. The molecule has 1 amide bonds. The van der Waals surface area contributed by atoms with Crippen molar-refractivity contribution in [3.8, 4) is 0 Å². The molecule has 0 radical (unpaired) electrons. The number of nitrogens with one attached hydrogen (secondary N) is 1. The average Bonchev–Trinajstić information content (AvgIpc) is 3.26. The molecule has 1 aliphatic rings. The van der Waals surface area contributed by atoms with Gasteiger partial charge in [0.15, 0.2) is 0 Å². The van der Waals surface area contributed by atoms with E-state index in [0.717, 1.165) is 36.9 Å². The zero-order chi connectivity index (χ0) is 20.2. The van der Waals surface area contributed by atoms with E-state index in [1.807, 2.05) is 24.3 Å². The Kier molecular flexibility index (Phi) is 5.97. The quantitative estimate of drug-likeness (QED) is 0.657. The van der Waals surface area contributed by atoms with Gasteiger partial charge in [0.25, 0.3) is 5.91 Å². The average molecular weight is 411 g/mol. The highest BCUT2D eigenvalue weighted by Crippen LogP contribution is 2.20. The zero-order valence-corrected chi connectivity index (χ0v) is 17.0. The van der Waals surface area contributed by atoms with Crippen molar-refractivity contribution in [1.82, 2.24) is 5.32 Å². The van der Waals surface area contributed by atoms with Crippen LogP contribution in [0.5, 0.6) is 0 Å².